The molecule has 0 saturated carbocycles. The molecule has 0 spiro atoms. The van der Waals surface area contributed by atoms with E-state index in [1.807, 2.05) is 18.2 Å². The highest BCUT2D eigenvalue weighted by atomic mass is 35.5. The van der Waals surface area contributed by atoms with E-state index >= 15 is 0 Å². The second-order valence-electron chi connectivity index (χ2n) is 6.50. The second kappa shape index (κ2) is 7.31. The number of thiazole rings is 1. The van der Waals surface area contributed by atoms with Gasteiger partial charge in [-0.2, -0.15) is 0 Å². The molecule has 1 aliphatic heterocycles. The van der Waals surface area contributed by atoms with Crippen LogP contribution in [0.15, 0.2) is 41.4 Å². The number of anilines is 1. The number of thiophene rings is 1. The summed E-state index contributed by atoms with van der Waals surface area (Å²) in [4.78, 5) is 32.5. The lowest BCUT2D eigenvalue weighted by Gasteiger charge is -2.01. The molecule has 30 heavy (non-hydrogen) atoms. The minimum absolute atomic E-state index is 0.0456. The van der Waals surface area contributed by atoms with E-state index in [0.717, 1.165) is 46.0 Å². The average Bonchev–Trinajstić information content (AvgIpc) is 3.45. The van der Waals surface area contributed by atoms with Crippen LogP contribution in [-0.2, 0) is 0 Å². The molecule has 1 aliphatic rings. The summed E-state index contributed by atoms with van der Waals surface area (Å²) in [7, 11) is 0. The largest absolute Gasteiger partial charge is 0.368 e. The molecule has 2 N–H and O–H groups in total. The zero-order valence-corrected chi connectivity index (χ0v) is 17.5. The van der Waals surface area contributed by atoms with Gasteiger partial charge in [-0.15, -0.1) is 11.3 Å². The normalized spacial score (nSPS) is 13.4. The van der Waals surface area contributed by atoms with E-state index in [4.69, 9.17) is 11.6 Å². The van der Waals surface area contributed by atoms with Crippen LogP contribution in [0.1, 0.15) is 15.2 Å². The lowest BCUT2D eigenvalue weighted by molar-refractivity contribution is -0.384. The summed E-state index contributed by atoms with van der Waals surface area (Å²) < 4.78 is 1.51. The van der Waals surface area contributed by atoms with E-state index in [2.05, 4.69) is 20.6 Å². The van der Waals surface area contributed by atoms with Crippen molar-refractivity contribution in [3.8, 4) is 0 Å². The molecule has 8 nitrogen and oxygen atoms in total. The number of non-ortho nitro benzene ring substituents is 1. The maximum atomic E-state index is 12.8. The monoisotopic (exact) mass is 457 g/mol. The number of nitrogens with zero attached hydrogens (tertiary/aromatic N) is 3. The van der Waals surface area contributed by atoms with E-state index in [9.17, 15) is 14.9 Å². The van der Waals surface area contributed by atoms with Gasteiger partial charge < -0.3 is 5.32 Å². The summed E-state index contributed by atoms with van der Waals surface area (Å²) in [5.41, 5.74) is 1.71. The van der Waals surface area contributed by atoms with Gasteiger partial charge in [0.1, 0.15) is 10.7 Å². The summed E-state index contributed by atoms with van der Waals surface area (Å²) in [6.07, 6.45) is 0. The fraction of sp³-hybridized carbons (Fsp3) is 0.105. The second-order valence-corrected chi connectivity index (χ2v) is 8.96. The molecule has 3 heterocycles. The minimum atomic E-state index is -0.477. The van der Waals surface area contributed by atoms with Crippen molar-refractivity contribution in [2.24, 2.45) is 4.99 Å². The summed E-state index contributed by atoms with van der Waals surface area (Å²) in [5.74, 6) is 0.465. The van der Waals surface area contributed by atoms with Gasteiger partial charge in [0.05, 0.1) is 26.7 Å². The molecule has 0 atom stereocenters. The molecular formula is C19H12ClN5O3S2. The van der Waals surface area contributed by atoms with E-state index < -0.39 is 10.8 Å². The number of hydrogen-bond donors (Lipinski definition) is 2. The average molecular weight is 458 g/mol. The van der Waals surface area contributed by atoms with Crippen molar-refractivity contribution in [1.29, 1.82) is 0 Å². The number of amidine groups is 1. The number of aliphatic imine (C=N–C) groups is 1. The van der Waals surface area contributed by atoms with Crippen molar-refractivity contribution < 1.29 is 9.72 Å². The smallest absolute Gasteiger partial charge is 0.270 e. The van der Waals surface area contributed by atoms with Gasteiger partial charge in [0.2, 0.25) is 0 Å². The third kappa shape index (κ3) is 3.28. The molecule has 150 valence electrons. The van der Waals surface area contributed by atoms with Gasteiger partial charge in [-0.3, -0.25) is 25.2 Å². The maximum Gasteiger partial charge on any atom is 0.270 e. The Morgan fingerprint density at radius 3 is 2.83 bits per heavy atom. The first-order chi connectivity index (χ1) is 14.5. The Labute approximate surface area is 182 Å². The van der Waals surface area contributed by atoms with Crippen LogP contribution in [-0.4, -0.2) is 34.7 Å². The van der Waals surface area contributed by atoms with Gasteiger partial charge in [0.15, 0.2) is 5.13 Å². The molecule has 2 aromatic heterocycles. The molecule has 5 rings (SSSR count). The Hall–Kier alpha value is -3.08. The van der Waals surface area contributed by atoms with Crippen molar-refractivity contribution >= 4 is 77.1 Å². The number of nitrogens with one attached hydrogen (secondary N) is 2. The molecule has 4 aromatic rings. The van der Waals surface area contributed by atoms with Crippen LogP contribution in [0.2, 0.25) is 5.02 Å². The molecule has 0 fully saturated rings. The van der Waals surface area contributed by atoms with Gasteiger partial charge in [0, 0.05) is 34.3 Å². The molecule has 0 bridgehead atoms. The Kier molecular flexibility index (Phi) is 4.61. The predicted octanol–water partition coefficient (Wildman–Crippen LogP) is 4.67. The van der Waals surface area contributed by atoms with E-state index in [1.165, 1.54) is 23.5 Å². The number of rotatable bonds is 4. The summed E-state index contributed by atoms with van der Waals surface area (Å²) in [6, 6.07) is 10.2. The van der Waals surface area contributed by atoms with Crippen molar-refractivity contribution in [3.63, 3.8) is 0 Å². The zero-order valence-electron chi connectivity index (χ0n) is 15.1. The number of carbonyl (C=O) groups is 1. The third-order valence-electron chi connectivity index (χ3n) is 4.59. The first-order valence-corrected chi connectivity index (χ1v) is 10.9. The van der Waals surface area contributed by atoms with Crippen LogP contribution in [0.5, 0.6) is 0 Å². The van der Waals surface area contributed by atoms with Crippen LogP contribution in [0.25, 0.3) is 20.3 Å². The van der Waals surface area contributed by atoms with Crippen molar-refractivity contribution in [1.82, 2.24) is 10.3 Å². The lowest BCUT2D eigenvalue weighted by atomic mass is 10.2. The third-order valence-corrected chi connectivity index (χ3v) is 7.18. The number of carbonyl (C=O) groups excluding carboxylic acids is 1. The highest BCUT2D eigenvalue weighted by Crippen LogP contribution is 2.38. The van der Waals surface area contributed by atoms with Crippen LogP contribution in [0, 0.1) is 10.1 Å². The molecular weight excluding hydrogens is 446 g/mol. The number of fused-ring (bicyclic) bond motifs is 2. The van der Waals surface area contributed by atoms with Crippen molar-refractivity contribution in [3.05, 3.63) is 62.0 Å². The van der Waals surface area contributed by atoms with E-state index in [-0.39, 0.29) is 15.6 Å². The van der Waals surface area contributed by atoms with Crippen LogP contribution >= 0.6 is 34.3 Å². The summed E-state index contributed by atoms with van der Waals surface area (Å²) in [6.45, 7) is 1.59. The number of nitro benzene ring substituents is 1. The van der Waals surface area contributed by atoms with Crippen LogP contribution in [0.4, 0.5) is 10.8 Å². The lowest BCUT2D eigenvalue weighted by Crippen LogP contribution is -2.19. The summed E-state index contributed by atoms with van der Waals surface area (Å²) in [5, 5.41) is 18.3. The van der Waals surface area contributed by atoms with Gasteiger partial charge in [-0.25, -0.2) is 4.98 Å². The number of hydrogen-bond acceptors (Lipinski definition) is 8. The quantitative estimate of drug-likeness (QED) is 0.341. The number of halogens is 1. The van der Waals surface area contributed by atoms with E-state index in [1.54, 1.807) is 6.07 Å². The first kappa shape index (κ1) is 18.9. The maximum absolute atomic E-state index is 12.8. The van der Waals surface area contributed by atoms with Crippen molar-refractivity contribution in [2.45, 2.75) is 0 Å². The highest BCUT2D eigenvalue weighted by Gasteiger charge is 2.20. The van der Waals surface area contributed by atoms with Crippen LogP contribution in [0.3, 0.4) is 0 Å². The molecule has 11 heteroatoms. The number of aromatic nitrogens is 1. The highest BCUT2D eigenvalue weighted by molar-refractivity contribution is 7.23. The van der Waals surface area contributed by atoms with Gasteiger partial charge in [-0.1, -0.05) is 22.9 Å². The SMILES string of the molecule is O=C(Nc1nc2ccc(C3=NCCN3)cc2s1)c1sc2cc([N+](=O)[O-])ccc2c1Cl. The Balaban J connectivity index is 1.44. The van der Waals surface area contributed by atoms with Gasteiger partial charge in [0.25, 0.3) is 11.6 Å². The Morgan fingerprint density at radius 1 is 1.20 bits per heavy atom. The number of benzene rings is 2. The van der Waals surface area contributed by atoms with Crippen molar-refractivity contribution in [2.75, 3.05) is 18.4 Å². The van der Waals surface area contributed by atoms with E-state index in [0.29, 0.717) is 15.2 Å². The minimum Gasteiger partial charge on any atom is -0.368 e. The standard InChI is InChI=1S/C19H12ClN5O3S2/c20-15-11-3-2-10(25(27)28)8-13(11)29-16(15)18(26)24-19-23-12-4-1-9(7-14(12)30-19)17-21-5-6-22-17/h1-4,7-8H,5-6H2,(H,21,22)(H,23,24,26). The summed E-state index contributed by atoms with van der Waals surface area (Å²) >= 11 is 8.84. The molecule has 0 radical (unpaired) electrons. The fourth-order valence-electron chi connectivity index (χ4n) is 3.18. The predicted molar refractivity (Wildman–Crippen MR) is 120 cm³/mol. The number of amides is 1. The topological polar surface area (TPSA) is 110 Å². The zero-order chi connectivity index (χ0) is 20.8. The molecule has 0 saturated heterocycles. The Bertz CT molecular complexity index is 1380. The molecule has 0 aliphatic carbocycles. The molecule has 0 unspecified atom stereocenters. The van der Waals surface area contributed by atoms with Gasteiger partial charge >= 0.3 is 0 Å². The number of nitro groups is 1. The first-order valence-electron chi connectivity index (χ1n) is 8.87. The molecule has 1 amide bonds. The Morgan fingerprint density at radius 2 is 2.07 bits per heavy atom. The molecule has 2 aromatic carbocycles. The van der Waals surface area contributed by atoms with Crippen LogP contribution < -0.4 is 10.6 Å². The van der Waals surface area contributed by atoms with Gasteiger partial charge in [-0.05, 0) is 24.3 Å². The fourth-order valence-corrected chi connectivity index (χ4v) is 5.53.